The van der Waals surface area contributed by atoms with Gasteiger partial charge in [-0.25, -0.2) is 9.55 Å². The van der Waals surface area contributed by atoms with E-state index in [1.165, 1.54) is 6.92 Å². The van der Waals surface area contributed by atoms with Crippen molar-refractivity contribution in [2.24, 2.45) is 0 Å². The maximum atomic E-state index is 10.7. The summed E-state index contributed by atoms with van der Waals surface area (Å²) in [5, 5.41) is 10.7. The molecule has 0 unspecified atom stereocenters. The minimum absolute atomic E-state index is 0. The van der Waals surface area contributed by atoms with E-state index in [9.17, 15) is 24.5 Å². The first-order valence-corrected chi connectivity index (χ1v) is 6.67. The molecule has 0 aliphatic carbocycles. The Morgan fingerprint density at radius 3 is 2.04 bits per heavy atom. The third kappa shape index (κ3) is 15.6. The molecule has 1 aromatic heterocycles. The zero-order chi connectivity index (χ0) is 13.9. The third-order valence-corrected chi connectivity index (χ3v) is 2.96. The molecule has 0 bridgehead atoms. The van der Waals surface area contributed by atoms with Crippen LogP contribution in [-0.2, 0) is 15.6 Å². The predicted octanol–water partition coefficient (Wildman–Crippen LogP) is -10.6. The Balaban J connectivity index is -0.0000000926. The Bertz CT molecular complexity index is 502. The minimum Gasteiger partial charge on any atom is -0.790 e. The number of phosphoric ester groups is 1. The van der Waals surface area contributed by atoms with Crippen LogP contribution in [0, 0.1) is 17.0 Å². The van der Waals surface area contributed by atoms with Gasteiger partial charge in [0.2, 0.25) is 0 Å². The third-order valence-electron chi connectivity index (χ3n) is 2.06. The molecule has 0 radical (unpaired) electrons. The van der Waals surface area contributed by atoms with Crippen LogP contribution < -0.4 is 68.9 Å². The zero-order valence-electron chi connectivity index (χ0n) is 13.7. The van der Waals surface area contributed by atoms with E-state index < -0.39 is 18.8 Å². The molecule has 0 fully saturated rings. The summed E-state index contributed by atoms with van der Waals surface area (Å²) in [6.07, 6.45) is -0.159. The van der Waals surface area contributed by atoms with E-state index in [1.54, 1.807) is 0 Å². The van der Waals surface area contributed by atoms with Gasteiger partial charge in [-0.05, 0) is 4.92 Å². The number of rotatable bonds is 6. The van der Waals surface area contributed by atoms with E-state index >= 15 is 0 Å². The number of nitrogens with zero attached hydrogens (tertiary/aromatic N) is 3. The second kappa shape index (κ2) is 19.6. The molecule has 0 aromatic carbocycles. The second-order valence-electron chi connectivity index (χ2n) is 3.36. The molecule has 0 aliphatic rings. The second-order valence-corrected chi connectivity index (χ2v) is 4.77. The molecule has 142 valence electrons. The number of hydrogen-bond donors (Lipinski definition) is 0. The van der Waals surface area contributed by atoms with Crippen molar-refractivity contribution in [3.8, 4) is 0 Å². The topological polar surface area (TPSA) is 291 Å². The molecule has 0 amide bonds. The number of aromatic nitrogens is 2. The summed E-state index contributed by atoms with van der Waals surface area (Å²) >= 11 is 5.45. The molecule has 1 aromatic rings. The Hall–Kier alpha value is 0.810. The molecule has 0 saturated carbocycles. The van der Waals surface area contributed by atoms with Gasteiger partial charge in [-0.1, -0.05) is 0 Å². The van der Waals surface area contributed by atoms with Crippen LogP contribution in [-0.4, -0.2) is 53.8 Å². The molecule has 0 aliphatic heterocycles. The fraction of sp³-hybridized carbons (Fsp3) is 0.571. The standard InChI is InChI=1S/C7H11ClN3O6P.2Na.5H2O/c1-5-9-3-7(11(12)13)10(5)4-6(2-8)17-18(14,15)16;;;;;;;/h3,6H,2,4H2,1H3,(H2,14,15,16);;;5*1H2/q;2*+1;;;;;/p-2/t6-;;;;;;;/m1......./s1. The minimum atomic E-state index is -5.20. The van der Waals surface area contributed by atoms with Gasteiger partial charge >= 0.3 is 64.9 Å². The van der Waals surface area contributed by atoms with Crippen LogP contribution in [0.5, 0.6) is 0 Å². The molecule has 0 spiro atoms. The number of alkyl halides is 1. The van der Waals surface area contributed by atoms with E-state index in [-0.39, 0.29) is 111 Å². The van der Waals surface area contributed by atoms with Crippen molar-refractivity contribution in [2.75, 3.05) is 5.88 Å². The molecule has 10 N–H and O–H groups in total. The molecule has 0 saturated heterocycles. The van der Waals surface area contributed by atoms with E-state index in [0.717, 1.165) is 10.8 Å². The summed E-state index contributed by atoms with van der Waals surface area (Å²) in [5.74, 6) is -0.353. The van der Waals surface area contributed by atoms with E-state index in [2.05, 4.69) is 9.51 Å². The van der Waals surface area contributed by atoms with Gasteiger partial charge in [0.05, 0.1) is 13.7 Å². The van der Waals surface area contributed by atoms with Gasteiger partial charge in [0.25, 0.3) is 0 Å². The van der Waals surface area contributed by atoms with Gasteiger partial charge in [0.15, 0.2) is 5.82 Å². The molecule has 14 nitrogen and oxygen atoms in total. The molecular weight excluding hydrogens is 414 g/mol. The van der Waals surface area contributed by atoms with Gasteiger partial charge in [-0.3, -0.25) is 0 Å². The van der Waals surface area contributed by atoms with Crippen molar-refractivity contribution in [1.29, 1.82) is 0 Å². The van der Waals surface area contributed by atoms with Gasteiger partial charge in [0, 0.05) is 6.92 Å². The SMILES string of the molecule is Cc1ncc([N+](=O)[O-])n1C[C@@H](CCl)OP(=O)([O-])[O-].O.O.O.O.O.[Na+].[Na+]. The van der Waals surface area contributed by atoms with Gasteiger partial charge in [-0.2, -0.15) is 0 Å². The zero-order valence-corrected chi connectivity index (χ0v) is 19.3. The summed E-state index contributed by atoms with van der Waals surface area (Å²) in [4.78, 5) is 34.7. The summed E-state index contributed by atoms with van der Waals surface area (Å²) in [7, 11) is -5.20. The number of halogens is 1. The quantitative estimate of drug-likeness (QED) is 0.137. The largest absolute Gasteiger partial charge is 1.00 e. The summed E-state index contributed by atoms with van der Waals surface area (Å²) < 4.78 is 15.8. The fourth-order valence-electron chi connectivity index (χ4n) is 1.32. The number of aryl methyl sites for hydroxylation is 1. The molecular formula is C7H19ClN3Na2O11P. The maximum absolute atomic E-state index is 10.7. The Morgan fingerprint density at radius 2 is 1.72 bits per heavy atom. The summed E-state index contributed by atoms with van der Waals surface area (Å²) in [5.41, 5.74) is 0. The smallest absolute Gasteiger partial charge is 0.790 e. The molecule has 1 rings (SSSR count). The van der Waals surface area contributed by atoms with Crippen LogP contribution in [0.1, 0.15) is 5.82 Å². The van der Waals surface area contributed by atoms with Crippen LogP contribution >= 0.6 is 19.4 Å². The van der Waals surface area contributed by atoms with Gasteiger partial charge in [0.1, 0.15) is 18.8 Å². The Morgan fingerprint density at radius 1 is 1.28 bits per heavy atom. The Kier molecular flexibility index (Phi) is 35.1. The van der Waals surface area contributed by atoms with Crippen molar-refractivity contribution in [2.45, 2.75) is 19.6 Å². The fourth-order valence-corrected chi connectivity index (χ4v) is 2.08. The number of hydrogen-bond acceptors (Lipinski definition) is 7. The number of nitro groups is 1. The van der Waals surface area contributed by atoms with E-state index in [0.29, 0.717) is 0 Å². The van der Waals surface area contributed by atoms with Gasteiger partial charge < -0.3 is 56.4 Å². The van der Waals surface area contributed by atoms with Crippen molar-refractivity contribution < 1.29 is 110 Å². The first kappa shape index (κ1) is 44.9. The molecule has 18 heteroatoms. The van der Waals surface area contributed by atoms with Crippen molar-refractivity contribution in [1.82, 2.24) is 9.55 Å². The predicted molar refractivity (Wildman–Crippen MR) is 74.9 cm³/mol. The Labute approximate surface area is 191 Å². The monoisotopic (exact) mass is 433 g/mol. The summed E-state index contributed by atoms with van der Waals surface area (Å²) in [6, 6.07) is 0. The molecule has 1 atom stereocenters. The van der Waals surface area contributed by atoms with Crippen molar-refractivity contribution in [3.05, 3.63) is 22.1 Å². The van der Waals surface area contributed by atoms with Crippen LogP contribution in [0.3, 0.4) is 0 Å². The van der Waals surface area contributed by atoms with E-state index in [1.807, 2.05) is 0 Å². The summed E-state index contributed by atoms with van der Waals surface area (Å²) in [6.45, 7) is 1.24. The maximum Gasteiger partial charge on any atom is 1.00 e. The molecule has 25 heavy (non-hydrogen) atoms. The van der Waals surface area contributed by atoms with Gasteiger partial charge in [-0.15, -0.1) is 11.6 Å². The van der Waals surface area contributed by atoms with Crippen LogP contribution in [0.4, 0.5) is 5.82 Å². The average Bonchev–Trinajstić information content (AvgIpc) is 2.57. The van der Waals surface area contributed by atoms with E-state index in [4.69, 9.17) is 11.6 Å². The normalized spacial score (nSPS) is 9.76. The molecule has 1 heterocycles. The number of phosphoric acid groups is 1. The van der Waals surface area contributed by atoms with Crippen molar-refractivity contribution in [3.63, 3.8) is 0 Å². The average molecular weight is 434 g/mol. The van der Waals surface area contributed by atoms with Crippen LogP contribution in [0.25, 0.3) is 0 Å². The first-order chi connectivity index (χ1) is 8.24. The van der Waals surface area contributed by atoms with Crippen molar-refractivity contribution >= 4 is 25.2 Å². The first-order valence-electron chi connectivity index (χ1n) is 4.67. The van der Waals surface area contributed by atoms with Crippen LogP contribution in [0.2, 0.25) is 0 Å². The van der Waals surface area contributed by atoms with Crippen LogP contribution in [0.15, 0.2) is 6.20 Å². The number of imidazole rings is 1.